The van der Waals surface area contributed by atoms with Gasteiger partial charge in [0.25, 0.3) is 0 Å². The van der Waals surface area contributed by atoms with Crippen molar-refractivity contribution < 1.29 is 0 Å². The first-order valence-electron chi connectivity index (χ1n) is 3.84. The fourth-order valence-electron chi connectivity index (χ4n) is 1.03. The first-order valence-corrected chi connectivity index (χ1v) is 4.78. The van der Waals surface area contributed by atoms with Crippen LogP contribution in [0.3, 0.4) is 0 Å². The molecule has 0 saturated heterocycles. The maximum absolute atomic E-state index is 5.88. The van der Waals surface area contributed by atoms with Gasteiger partial charge in [-0.3, -0.25) is 0 Å². The second-order valence-corrected chi connectivity index (χ2v) is 3.87. The summed E-state index contributed by atoms with van der Waals surface area (Å²) in [7, 11) is 0. The van der Waals surface area contributed by atoms with E-state index in [1.54, 1.807) is 11.3 Å². The van der Waals surface area contributed by atoms with Crippen LogP contribution in [0.5, 0.6) is 0 Å². The van der Waals surface area contributed by atoms with E-state index < -0.39 is 0 Å². The SMILES string of the molecule is CC(C)C[C@H](N)c1cscn1. The third-order valence-electron chi connectivity index (χ3n) is 1.56. The summed E-state index contributed by atoms with van der Waals surface area (Å²) in [5.41, 5.74) is 8.74. The van der Waals surface area contributed by atoms with Crippen molar-refractivity contribution >= 4 is 11.3 Å². The van der Waals surface area contributed by atoms with Crippen LogP contribution in [0.2, 0.25) is 0 Å². The number of nitrogens with zero attached hydrogens (tertiary/aromatic N) is 1. The molecule has 0 fully saturated rings. The van der Waals surface area contributed by atoms with Gasteiger partial charge in [0.2, 0.25) is 0 Å². The molecule has 0 spiro atoms. The van der Waals surface area contributed by atoms with Crippen molar-refractivity contribution in [3.05, 3.63) is 16.6 Å². The smallest absolute Gasteiger partial charge is 0.0795 e. The summed E-state index contributed by atoms with van der Waals surface area (Å²) in [4.78, 5) is 4.16. The van der Waals surface area contributed by atoms with Gasteiger partial charge in [0.1, 0.15) is 0 Å². The van der Waals surface area contributed by atoms with E-state index >= 15 is 0 Å². The molecular weight excluding hydrogens is 156 g/mol. The lowest BCUT2D eigenvalue weighted by Crippen LogP contribution is -2.12. The Morgan fingerprint density at radius 3 is 2.82 bits per heavy atom. The Balaban J connectivity index is 2.49. The molecule has 0 aromatic carbocycles. The van der Waals surface area contributed by atoms with Crippen molar-refractivity contribution in [2.75, 3.05) is 0 Å². The second kappa shape index (κ2) is 3.83. The molecule has 0 radical (unpaired) electrons. The summed E-state index contributed by atoms with van der Waals surface area (Å²) >= 11 is 1.60. The van der Waals surface area contributed by atoms with Crippen LogP contribution in [-0.4, -0.2) is 4.98 Å². The maximum Gasteiger partial charge on any atom is 0.0795 e. The third kappa shape index (κ3) is 2.60. The lowest BCUT2D eigenvalue weighted by atomic mass is 10.0. The van der Waals surface area contributed by atoms with Crippen LogP contribution in [-0.2, 0) is 0 Å². The molecule has 1 heterocycles. The van der Waals surface area contributed by atoms with Crippen LogP contribution in [0.15, 0.2) is 10.9 Å². The van der Waals surface area contributed by atoms with Gasteiger partial charge in [-0.2, -0.15) is 0 Å². The van der Waals surface area contributed by atoms with Crippen molar-refractivity contribution in [3.8, 4) is 0 Å². The molecule has 2 N–H and O–H groups in total. The molecule has 0 bridgehead atoms. The average molecular weight is 170 g/mol. The molecule has 1 atom stereocenters. The van der Waals surface area contributed by atoms with Crippen molar-refractivity contribution in [1.82, 2.24) is 4.98 Å². The van der Waals surface area contributed by atoms with E-state index in [-0.39, 0.29) is 6.04 Å². The summed E-state index contributed by atoms with van der Waals surface area (Å²) in [5.74, 6) is 0.645. The quantitative estimate of drug-likeness (QED) is 0.755. The lowest BCUT2D eigenvalue weighted by molar-refractivity contribution is 0.504. The van der Waals surface area contributed by atoms with Gasteiger partial charge in [0.15, 0.2) is 0 Å². The molecule has 0 aliphatic heterocycles. The summed E-state index contributed by atoms with van der Waals surface area (Å²) in [6.07, 6.45) is 1.02. The predicted molar refractivity (Wildman–Crippen MR) is 48.5 cm³/mol. The van der Waals surface area contributed by atoms with E-state index in [4.69, 9.17) is 5.73 Å². The van der Waals surface area contributed by atoms with E-state index in [1.165, 1.54) is 0 Å². The van der Waals surface area contributed by atoms with E-state index in [0.29, 0.717) is 5.92 Å². The predicted octanol–water partition coefficient (Wildman–Crippen LogP) is 2.19. The zero-order valence-corrected chi connectivity index (χ0v) is 7.77. The molecule has 1 rings (SSSR count). The summed E-state index contributed by atoms with van der Waals surface area (Å²) in [6.45, 7) is 4.35. The van der Waals surface area contributed by atoms with Gasteiger partial charge in [-0.1, -0.05) is 13.8 Å². The Hall–Kier alpha value is -0.410. The Bertz CT molecular complexity index is 194. The molecule has 0 amide bonds. The highest BCUT2D eigenvalue weighted by Gasteiger charge is 2.08. The third-order valence-corrected chi connectivity index (χ3v) is 2.16. The first kappa shape index (κ1) is 8.68. The van der Waals surface area contributed by atoms with Gasteiger partial charge in [0, 0.05) is 11.4 Å². The standard InChI is InChI=1S/C8H14N2S/c1-6(2)3-7(9)8-4-11-5-10-8/h4-7H,3,9H2,1-2H3/t7-/m0/s1. The Kier molecular flexibility index (Phi) is 3.02. The summed E-state index contributed by atoms with van der Waals surface area (Å²) in [5, 5.41) is 2.02. The van der Waals surface area contributed by atoms with Gasteiger partial charge in [-0.25, -0.2) is 4.98 Å². The van der Waals surface area contributed by atoms with E-state index in [1.807, 2.05) is 10.9 Å². The highest BCUT2D eigenvalue weighted by atomic mass is 32.1. The monoisotopic (exact) mass is 170 g/mol. The lowest BCUT2D eigenvalue weighted by Gasteiger charge is -2.10. The minimum Gasteiger partial charge on any atom is -0.323 e. The van der Waals surface area contributed by atoms with Crippen molar-refractivity contribution in [2.24, 2.45) is 11.7 Å². The van der Waals surface area contributed by atoms with Crippen LogP contribution in [0.1, 0.15) is 32.0 Å². The van der Waals surface area contributed by atoms with E-state index in [2.05, 4.69) is 18.8 Å². The molecule has 1 aromatic rings. The van der Waals surface area contributed by atoms with Crippen LogP contribution >= 0.6 is 11.3 Å². The van der Waals surface area contributed by atoms with Crippen molar-refractivity contribution in [2.45, 2.75) is 26.3 Å². The molecule has 0 aliphatic rings. The molecule has 0 aliphatic carbocycles. The number of hydrogen-bond donors (Lipinski definition) is 1. The number of nitrogens with two attached hydrogens (primary N) is 1. The van der Waals surface area contributed by atoms with Gasteiger partial charge in [-0.15, -0.1) is 11.3 Å². The summed E-state index contributed by atoms with van der Waals surface area (Å²) < 4.78 is 0. The van der Waals surface area contributed by atoms with E-state index in [0.717, 1.165) is 12.1 Å². The Labute approximate surface area is 71.5 Å². The normalized spacial score (nSPS) is 13.8. The fraction of sp³-hybridized carbons (Fsp3) is 0.625. The van der Waals surface area contributed by atoms with Gasteiger partial charge in [0.05, 0.1) is 11.2 Å². The Morgan fingerprint density at radius 2 is 2.36 bits per heavy atom. The molecule has 1 aromatic heterocycles. The molecule has 0 saturated carbocycles. The van der Waals surface area contributed by atoms with Crippen LogP contribution < -0.4 is 5.73 Å². The van der Waals surface area contributed by atoms with E-state index in [9.17, 15) is 0 Å². The highest BCUT2D eigenvalue weighted by Crippen LogP contribution is 2.17. The fourth-order valence-corrected chi connectivity index (χ4v) is 1.65. The number of hydrogen-bond acceptors (Lipinski definition) is 3. The zero-order chi connectivity index (χ0) is 8.27. The van der Waals surface area contributed by atoms with Crippen LogP contribution in [0.4, 0.5) is 0 Å². The van der Waals surface area contributed by atoms with Crippen LogP contribution in [0, 0.1) is 5.92 Å². The first-order chi connectivity index (χ1) is 5.20. The largest absolute Gasteiger partial charge is 0.323 e. The van der Waals surface area contributed by atoms with Gasteiger partial charge >= 0.3 is 0 Å². The second-order valence-electron chi connectivity index (χ2n) is 3.15. The zero-order valence-electron chi connectivity index (χ0n) is 6.95. The summed E-state index contributed by atoms with van der Waals surface area (Å²) in [6, 6.07) is 0.126. The molecule has 11 heavy (non-hydrogen) atoms. The molecule has 0 unspecified atom stereocenters. The van der Waals surface area contributed by atoms with Crippen molar-refractivity contribution in [1.29, 1.82) is 0 Å². The minimum absolute atomic E-state index is 0.126. The van der Waals surface area contributed by atoms with Gasteiger partial charge in [-0.05, 0) is 12.3 Å². The van der Waals surface area contributed by atoms with Gasteiger partial charge < -0.3 is 5.73 Å². The van der Waals surface area contributed by atoms with Crippen molar-refractivity contribution in [3.63, 3.8) is 0 Å². The van der Waals surface area contributed by atoms with Crippen LogP contribution in [0.25, 0.3) is 0 Å². The minimum atomic E-state index is 0.126. The molecule has 2 nitrogen and oxygen atoms in total. The maximum atomic E-state index is 5.88. The number of rotatable bonds is 3. The Morgan fingerprint density at radius 1 is 1.64 bits per heavy atom. The molecular formula is C8H14N2S. The molecule has 3 heteroatoms. The highest BCUT2D eigenvalue weighted by molar-refractivity contribution is 7.07. The average Bonchev–Trinajstić information content (AvgIpc) is 2.35. The number of thiazole rings is 1. The number of aromatic nitrogens is 1. The topological polar surface area (TPSA) is 38.9 Å². The molecule has 62 valence electrons.